The molecular weight excluding hydrogens is 300 g/mol. The van der Waals surface area contributed by atoms with Gasteiger partial charge in [-0.05, 0) is 73.2 Å². The molecule has 1 fully saturated rings. The van der Waals surface area contributed by atoms with Crippen molar-refractivity contribution in [1.82, 2.24) is 0 Å². The summed E-state index contributed by atoms with van der Waals surface area (Å²) in [6.07, 6.45) is 7.35. The number of phenols is 2. The van der Waals surface area contributed by atoms with E-state index in [4.69, 9.17) is 0 Å². The average molecular weight is 320 g/mol. The lowest BCUT2D eigenvalue weighted by molar-refractivity contribution is -0.112. The van der Waals surface area contributed by atoms with Crippen molar-refractivity contribution in [3.8, 4) is 11.5 Å². The second kappa shape index (κ2) is 7.18. The first kappa shape index (κ1) is 16.1. The maximum atomic E-state index is 12.9. The van der Waals surface area contributed by atoms with Crippen molar-refractivity contribution in [2.24, 2.45) is 0 Å². The van der Waals surface area contributed by atoms with Gasteiger partial charge in [0.15, 0.2) is 5.78 Å². The summed E-state index contributed by atoms with van der Waals surface area (Å²) in [6, 6.07) is 13.7. The summed E-state index contributed by atoms with van der Waals surface area (Å²) in [5, 5.41) is 18.7. The van der Waals surface area contributed by atoms with Crippen LogP contribution in [0.5, 0.6) is 11.5 Å². The Labute approximate surface area is 141 Å². The number of ketones is 1. The van der Waals surface area contributed by atoms with Crippen LogP contribution in [0.1, 0.15) is 36.8 Å². The molecule has 2 aromatic rings. The Morgan fingerprint density at radius 1 is 0.667 bits per heavy atom. The van der Waals surface area contributed by atoms with Crippen molar-refractivity contribution >= 4 is 17.9 Å². The number of carbonyl (C=O) groups is 1. The van der Waals surface area contributed by atoms with Crippen molar-refractivity contribution in [3.63, 3.8) is 0 Å². The van der Waals surface area contributed by atoms with E-state index in [9.17, 15) is 15.0 Å². The van der Waals surface area contributed by atoms with Gasteiger partial charge in [0.05, 0.1) is 0 Å². The number of carbonyl (C=O) groups excluding carboxylic acids is 1. The van der Waals surface area contributed by atoms with E-state index < -0.39 is 0 Å². The molecule has 1 saturated carbocycles. The highest BCUT2D eigenvalue weighted by Crippen LogP contribution is 2.27. The zero-order valence-electron chi connectivity index (χ0n) is 13.4. The molecule has 3 nitrogen and oxygen atoms in total. The van der Waals surface area contributed by atoms with Crippen LogP contribution < -0.4 is 0 Å². The van der Waals surface area contributed by atoms with Gasteiger partial charge in [-0.25, -0.2) is 0 Å². The highest BCUT2D eigenvalue weighted by Gasteiger charge is 2.18. The van der Waals surface area contributed by atoms with E-state index in [0.717, 1.165) is 48.0 Å². The molecular formula is C21H20O3. The molecule has 2 N–H and O–H groups in total. The number of rotatable bonds is 2. The second-order valence-electron chi connectivity index (χ2n) is 6.06. The largest absolute Gasteiger partial charge is 0.508 e. The third-order valence-electron chi connectivity index (χ3n) is 4.19. The molecule has 0 aromatic heterocycles. The van der Waals surface area contributed by atoms with Gasteiger partial charge in [-0.2, -0.15) is 0 Å². The fourth-order valence-corrected chi connectivity index (χ4v) is 2.88. The normalized spacial score (nSPS) is 18.8. The maximum absolute atomic E-state index is 12.9. The number of allylic oxidation sites excluding steroid dienone is 2. The molecule has 3 rings (SSSR count). The Bertz CT molecular complexity index is 713. The molecule has 0 spiro atoms. The van der Waals surface area contributed by atoms with Crippen LogP contribution in [0.2, 0.25) is 0 Å². The minimum Gasteiger partial charge on any atom is -0.508 e. The van der Waals surface area contributed by atoms with E-state index in [1.807, 2.05) is 36.4 Å². The summed E-state index contributed by atoms with van der Waals surface area (Å²) in [4.78, 5) is 12.9. The molecule has 3 heteroatoms. The number of benzene rings is 2. The average Bonchev–Trinajstić information content (AvgIpc) is 2.75. The van der Waals surface area contributed by atoms with Crippen LogP contribution in [0.15, 0.2) is 59.7 Å². The summed E-state index contributed by atoms with van der Waals surface area (Å²) in [6.45, 7) is 0. The lowest BCUT2D eigenvalue weighted by Gasteiger charge is -2.06. The standard InChI is InChI=1S/C21H20O3/c22-19-9-5-15(6-10-19)13-17-3-1-2-4-18(21(17)24)14-16-7-11-20(23)12-8-16/h5-14,22-23H,1-4H2/b17-13-,18-14-. The second-order valence-corrected chi connectivity index (χ2v) is 6.06. The van der Waals surface area contributed by atoms with E-state index in [2.05, 4.69) is 0 Å². The Hall–Kier alpha value is -2.81. The van der Waals surface area contributed by atoms with Gasteiger partial charge in [0.2, 0.25) is 0 Å². The first-order valence-electron chi connectivity index (χ1n) is 8.16. The van der Waals surface area contributed by atoms with Crippen molar-refractivity contribution in [1.29, 1.82) is 0 Å². The van der Waals surface area contributed by atoms with E-state index >= 15 is 0 Å². The first-order chi connectivity index (χ1) is 11.6. The minimum atomic E-state index is 0.0913. The van der Waals surface area contributed by atoms with Crippen molar-refractivity contribution in [2.45, 2.75) is 25.7 Å². The van der Waals surface area contributed by atoms with Gasteiger partial charge in [-0.1, -0.05) is 24.3 Å². The predicted octanol–water partition coefficient (Wildman–Crippen LogP) is 4.71. The van der Waals surface area contributed by atoms with E-state index in [-0.39, 0.29) is 17.3 Å². The fourth-order valence-electron chi connectivity index (χ4n) is 2.88. The minimum absolute atomic E-state index is 0.0913. The molecule has 24 heavy (non-hydrogen) atoms. The van der Waals surface area contributed by atoms with Crippen molar-refractivity contribution in [3.05, 3.63) is 70.8 Å². The van der Waals surface area contributed by atoms with Crippen molar-refractivity contribution in [2.75, 3.05) is 0 Å². The number of phenolic OH excluding ortho intramolecular Hbond substituents is 2. The van der Waals surface area contributed by atoms with E-state index in [0.29, 0.717) is 0 Å². The number of hydrogen-bond donors (Lipinski definition) is 2. The van der Waals surface area contributed by atoms with Gasteiger partial charge >= 0.3 is 0 Å². The lowest BCUT2D eigenvalue weighted by atomic mass is 9.98. The summed E-state index contributed by atoms with van der Waals surface area (Å²) >= 11 is 0. The molecule has 0 amide bonds. The quantitative estimate of drug-likeness (QED) is 0.622. The molecule has 0 radical (unpaired) electrons. The highest BCUT2D eigenvalue weighted by atomic mass is 16.3. The molecule has 2 aromatic carbocycles. The van der Waals surface area contributed by atoms with Crippen LogP contribution >= 0.6 is 0 Å². The smallest absolute Gasteiger partial charge is 0.185 e. The fraction of sp³-hybridized carbons (Fsp3) is 0.190. The Kier molecular flexibility index (Phi) is 4.80. The van der Waals surface area contributed by atoms with Crippen molar-refractivity contribution < 1.29 is 15.0 Å². The summed E-state index contributed by atoms with van der Waals surface area (Å²) in [5.74, 6) is 0.531. The number of Topliss-reactive ketones (excluding diaryl/α,β-unsaturated/α-hetero) is 1. The van der Waals surface area contributed by atoms with Gasteiger partial charge in [0, 0.05) is 11.1 Å². The van der Waals surface area contributed by atoms with Crippen LogP contribution in [0.4, 0.5) is 0 Å². The monoisotopic (exact) mass is 320 g/mol. The molecule has 0 heterocycles. The van der Waals surface area contributed by atoms with Gasteiger partial charge in [-0.15, -0.1) is 0 Å². The first-order valence-corrected chi connectivity index (χ1v) is 8.16. The molecule has 0 atom stereocenters. The van der Waals surface area contributed by atoms with Crippen LogP contribution in [0, 0.1) is 0 Å². The molecule has 1 aliphatic carbocycles. The van der Waals surface area contributed by atoms with Gasteiger partial charge in [0.25, 0.3) is 0 Å². The molecule has 0 unspecified atom stereocenters. The van der Waals surface area contributed by atoms with Gasteiger partial charge in [-0.3, -0.25) is 4.79 Å². The van der Waals surface area contributed by atoms with Crippen LogP contribution in [-0.4, -0.2) is 16.0 Å². The summed E-state index contributed by atoms with van der Waals surface area (Å²) in [5.41, 5.74) is 3.45. The third kappa shape index (κ3) is 3.93. The Morgan fingerprint density at radius 3 is 1.42 bits per heavy atom. The molecule has 1 aliphatic rings. The highest BCUT2D eigenvalue weighted by molar-refractivity contribution is 6.13. The summed E-state index contributed by atoms with van der Waals surface area (Å²) < 4.78 is 0. The number of aromatic hydroxyl groups is 2. The van der Waals surface area contributed by atoms with Gasteiger partial charge < -0.3 is 10.2 Å². The zero-order chi connectivity index (χ0) is 16.9. The zero-order valence-corrected chi connectivity index (χ0v) is 13.4. The molecule has 122 valence electrons. The van der Waals surface area contributed by atoms with Gasteiger partial charge in [0.1, 0.15) is 11.5 Å². The topological polar surface area (TPSA) is 57.5 Å². The van der Waals surface area contributed by atoms with Crippen LogP contribution in [0.25, 0.3) is 12.2 Å². The maximum Gasteiger partial charge on any atom is 0.185 e. The third-order valence-corrected chi connectivity index (χ3v) is 4.19. The van der Waals surface area contributed by atoms with Crippen LogP contribution in [0.3, 0.4) is 0 Å². The summed E-state index contributed by atoms with van der Waals surface area (Å²) in [7, 11) is 0. The lowest BCUT2D eigenvalue weighted by Crippen LogP contribution is -2.03. The molecule has 0 bridgehead atoms. The Balaban J connectivity index is 1.90. The SMILES string of the molecule is O=C1/C(=C\c2ccc(O)cc2)CCCC/C1=C/c1ccc(O)cc1. The predicted molar refractivity (Wildman–Crippen MR) is 95.6 cm³/mol. The van der Waals surface area contributed by atoms with Crippen LogP contribution in [-0.2, 0) is 4.79 Å². The molecule has 0 aliphatic heterocycles. The number of hydrogen-bond acceptors (Lipinski definition) is 3. The van der Waals surface area contributed by atoms with E-state index in [1.54, 1.807) is 24.3 Å². The molecule has 0 saturated heterocycles. The Morgan fingerprint density at radius 2 is 1.04 bits per heavy atom. The van der Waals surface area contributed by atoms with E-state index in [1.165, 1.54) is 0 Å².